The van der Waals surface area contributed by atoms with Crippen molar-refractivity contribution in [3.63, 3.8) is 0 Å². The Morgan fingerprint density at radius 1 is 1.32 bits per heavy atom. The molecular formula is C14H21N3O2. The minimum absolute atomic E-state index is 0.388. The van der Waals surface area contributed by atoms with Gasteiger partial charge >= 0.3 is 6.09 Å². The van der Waals surface area contributed by atoms with Crippen LogP contribution in [0, 0.1) is 0 Å². The molecule has 0 unspecified atom stereocenters. The smallest absolute Gasteiger partial charge is 0.407 e. The molecule has 0 spiro atoms. The maximum absolute atomic E-state index is 11.4. The molecule has 1 amide bonds. The lowest BCUT2D eigenvalue weighted by Gasteiger charge is -2.19. The van der Waals surface area contributed by atoms with Crippen molar-refractivity contribution in [1.29, 1.82) is 0 Å². The van der Waals surface area contributed by atoms with Crippen LogP contribution in [-0.4, -0.2) is 18.2 Å². The van der Waals surface area contributed by atoms with Crippen LogP contribution in [0.3, 0.4) is 0 Å². The van der Waals surface area contributed by atoms with E-state index in [1.165, 1.54) is 0 Å². The number of alkyl carbamates (subject to hydrolysis) is 1. The van der Waals surface area contributed by atoms with Gasteiger partial charge in [-0.05, 0) is 38.5 Å². The number of carbonyl (C=O) groups excluding carboxylic acids is 1. The molecule has 0 fully saturated rings. The number of nitrogens with two attached hydrogens (primary N) is 2. The molecule has 0 radical (unpaired) electrons. The Morgan fingerprint density at radius 2 is 2.00 bits per heavy atom. The highest BCUT2D eigenvalue weighted by Gasteiger charge is 2.14. The lowest BCUT2D eigenvalue weighted by Crippen LogP contribution is -2.32. The van der Waals surface area contributed by atoms with E-state index in [4.69, 9.17) is 16.2 Å². The summed E-state index contributed by atoms with van der Waals surface area (Å²) in [6.45, 7) is 5.85. The van der Waals surface area contributed by atoms with Gasteiger partial charge in [0.2, 0.25) is 0 Å². The molecule has 1 rings (SSSR count). The zero-order chi connectivity index (χ0) is 14.5. The van der Waals surface area contributed by atoms with Gasteiger partial charge in [0, 0.05) is 6.54 Å². The predicted octanol–water partition coefficient (Wildman–Crippen LogP) is 2.39. The Hall–Kier alpha value is -2.17. The highest BCUT2D eigenvalue weighted by atomic mass is 16.6. The number of hydrogen-bond donors (Lipinski definition) is 3. The molecule has 0 aliphatic rings. The van der Waals surface area contributed by atoms with Crippen LogP contribution in [0.1, 0.15) is 26.3 Å². The molecule has 5 nitrogen and oxygen atoms in total. The van der Waals surface area contributed by atoms with Crippen molar-refractivity contribution in [3.05, 3.63) is 29.8 Å². The van der Waals surface area contributed by atoms with E-state index in [-0.39, 0.29) is 0 Å². The minimum Gasteiger partial charge on any atom is -0.444 e. The van der Waals surface area contributed by atoms with Gasteiger partial charge in [-0.15, -0.1) is 0 Å². The van der Waals surface area contributed by atoms with Crippen molar-refractivity contribution >= 4 is 23.5 Å². The Bertz CT molecular complexity index is 476. The van der Waals surface area contributed by atoms with Crippen LogP contribution in [-0.2, 0) is 4.74 Å². The first-order valence-corrected chi connectivity index (χ1v) is 6.06. The summed E-state index contributed by atoms with van der Waals surface area (Å²) in [7, 11) is 0. The second-order valence-corrected chi connectivity index (χ2v) is 5.17. The van der Waals surface area contributed by atoms with Crippen LogP contribution in [0.4, 0.5) is 16.2 Å². The molecule has 5 heteroatoms. The number of anilines is 2. The fourth-order valence-electron chi connectivity index (χ4n) is 1.35. The fraction of sp³-hybridized carbons (Fsp3) is 0.357. The van der Waals surface area contributed by atoms with Crippen LogP contribution in [0.15, 0.2) is 24.3 Å². The molecule has 1 aromatic rings. The van der Waals surface area contributed by atoms with E-state index in [9.17, 15) is 4.79 Å². The monoisotopic (exact) mass is 263 g/mol. The highest BCUT2D eigenvalue weighted by molar-refractivity contribution is 5.69. The molecule has 1 aromatic carbocycles. The Balaban J connectivity index is 2.42. The van der Waals surface area contributed by atoms with Crippen LogP contribution >= 0.6 is 0 Å². The Morgan fingerprint density at radius 3 is 2.58 bits per heavy atom. The number of amides is 1. The summed E-state index contributed by atoms with van der Waals surface area (Å²) in [5.74, 6) is 0. The number of nitrogen functional groups attached to an aromatic ring is 2. The summed E-state index contributed by atoms with van der Waals surface area (Å²) in [6, 6.07) is 5.38. The molecule has 0 aromatic heterocycles. The van der Waals surface area contributed by atoms with Crippen molar-refractivity contribution < 1.29 is 9.53 Å². The number of hydrogen-bond acceptors (Lipinski definition) is 4. The summed E-state index contributed by atoms with van der Waals surface area (Å²) in [5.41, 5.74) is 12.9. The Labute approximate surface area is 113 Å². The SMILES string of the molecule is CC(C)(C)OC(=O)NCC=Cc1ccc(N)c(N)c1. The van der Waals surface area contributed by atoms with E-state index in [0.717, 1.165) is 5.56 Å². The van der Waals surface area contributed by atoms with Gasteiger partial charge in [0.25, 0.3) is 0 Å². The van der Waals surface area contributed by atoms with E-state index >= 15 is 0 Å². The first-order chi connectivity index (χ1) is 8.78. The van der Waals surface area contributed by atoms with Crippen LogP contribution < -0.4 is 16.8 Å². The van der Waals surface area contributed by atoms with Crippen molar-refractivity contribution in [2.75, 3.05) is 18.0 Å². The van der Waals surface area contributed by atoms with Crippen molar-refractivity contribution in [2.24, 2.45) is 0 Å². The molecule has 0 heterocycles. The second kappa shape index (κ2) is 6.13. The molecule has 0 aliphatic heterocycles. The highest BCUT2D eigenvalue weighted by Crippen LogP contribution is 2.16. The van der Waals surface area contributed by atoms with Gasteiger partial charge in [0.05, 0.1) is 11.4 Å². The van der Waals surface area contributed by atoms with Crippen molar-refractivity contribution in [1.82, 2.24) is 5.32 Å². The average molecular weight is 263 g/mol. The second-order valence-electron chi connectivity index (χ2n) is 5.17. The van der Waals surface area contributed by atoms with Crippen LogP contribution in [0.5, 0.6) is 0 Å². The zero-order valence-corrected chi connectivity index (χ0v) is 11.6. The molecule has 0 atom stereocenters. The lowest BCUT2D eigenvalue weighted by molar-refractivity contribution is 0.0534. The van der Waals surface area contributed by atoms with Crippen molar-refractivity contribution in [3.8, 4) is 0 Å². The number of ether oxygens (including phenoxy) is 1. The van der Waals surface area contributed by atoms with Gasteiger partial charge in [-0.25, -0.2) is 4.79 Å². The first-order valence-electron chi connectivity index (χ1n) is 6.06. The van der Waals surface area contributed by atoms with Crippen LogP contribution in [0.2, 0.25) is 0 Å². The summed E-state index contributed by atoms with van der Waals surface area (Å²) in [6.07, 6.45) is 3.23. The lowest BCUT2D eigenvalue weighted by atomic mass is 10.1. The molecule has 0 saturated heterocycles. The number of carbonyl (C=O) groups is 1. The molecule has 0 aliphatic carbocycles. The summed E-state index contributed by atoms with van der Waals surface area (Å²) < 4.78 is 5.10. The molecule has 5 N–H and O–H groups in total. The largest absolute Gasteiger partial charge is 0.444 e. The third-order valence-corrected chi connectivity index (χ3v) is 2.18. The Kier molecular flexibility index (Phi) is 4.80. The minimum atomic E-state index is -0.487. The maximum Gasteiger partial charge on any atom is 0.407 e. The first kappa shape index (κ1) is 14.9. The van der Waals surface area contributed by atoms with Crippen molar-refractivity contribution in [2.45, 2.75) is 26.4 Å². The van der Waals surface area contributed by atoms with Gasteiger partial charge in [-0.3, -0.25) is 0 Å². The van der Waals surface area contributed by atoms with Gasteiger partial charge in [-0.2, -0.15) is 0 Å². The number of nitrogens with one attached hydrogen (secondary N) is 1. The summed E-state index contributed by atoms with van der Waals surface area (Å²) >= 11 is 0. The quantitative estimate of drug-likeness (QED) is 0.730. The number of rotatable bonds is 3. The zero-order valence-electron chi connectivity index (χ0n) is 11.6. The molecule has 104 valence electrons. The van der Waals surface area contributed by atoms with E-state index in [2.05, 4.69) is 5.32 Å². The van der Waals surface area contributed by atoms with Crippen LogP contribution in [0.25, 0.3) is 6.08 Å². The fourth-order valence-corrected chi connectivity index (χ4v) is 1.35. The van der Waals surface area contributed by atoms with Gasteiger partial charge < -0.3 is 21.5 Å². The average Bonchev–Trinajstić information content (AvgIpc) is 2.27. The summed E-state index contributed by atoms with van der Waals surface area (Å²) in [4.78, 5) is 11.4. The molecule has 0 saturated carbocycles. The predicted molar refractivity (Wildman–Crippen MR) is 78.5 cm³/mol. The molecule has 0 bridgehead atoms. The molecule has 19 heavy (non-hydrogen) atoms. The third-order valence-electron chi connectivity index (χ3n) is 2.18. The van der Waals surface area contributed by atoms with E-state index in [1.54, 1.807) is 12.1 Å². The maximum atomic E-state index is 11.4. The van der Waals surface area contributed by atoms with E-state index in [0.29, 0.717) is 17.9 Å². The van der Waals surface area contributed by atoms with E-state index < -0.39 is 11.7 Å². The van der Waals surface area contributed by atoms with Gasteiger partial charge in [0.15, 0.2) is 0 Å². The summed E-state index contributed by atoms with van der Waals surface area (Å²) in [5, 5.41) is 2.63. The standard InChI is InChI=1S/C14H21N3O2/c1-14(2,3)19-13(18)17-8-4-5-10-6-7-11(15)12(16)9-10/h4-7,9H,8,15-16H2,1-3H3,(H,17,18). The molecular weight excluding hydrogens is 242 g/mol. The normalized spacial score (nSPS) is 11.5. The third kappa shape index (κ3) is 5.81. The van der Waals surface area contributed by atoms with E-state index in [1.807, 2.05) is 39.0 Å². The van der Waals surface area contributed by atoms with Gasteiger partial charge in [0.1, 0.15) is 5.60 Å². The number of benzene rings is 1. The topological polar surface area (TPSA) is 90.4 Å². The van der Waals surface area contributed by atoms with Gasteiger partial charge in [-0.1, -0.05) is 18.2 Å².